The Balaban J connectivity index is 1.99. The van der Waals surface area contributed by atoms with Gasteiger partial charge in [0.1, 0.15) is 6.26 Å². The van der Waals surface area contributed by atoms with Crippen molar-refractivity contribution in [3.05, 3.63) is 18.0 Å². The van der Waals surface area contributed by atoms with Crippen LogP contribution in [-0.2, 0) is 5.75 Å². The van der Waals surface area contributed by atoms with E-state index in [0.717, 1.165) is 30.2 Å². The number of hydrogen-bond donors (Lipinski definition) is 2. The van der Waals surface area contributed by atoms with Crippen LogP contribution in [0.5, 0.6) is 0 Å². The summed E-state index contributed by atoms with van der Waals surface area (Å²) in [6.07, 6.45) is 4.40. The van der Waals surface area contributed by atoms with Gasteiger partial charge in [-0.05, 0) is 12.2 Å². The lowest BCUT2D eigenvalue weighted by molar-refractivity contribution is 0.414. The van der Waals surface area contributed by atoms with E-state index in [9.17, 15) is 0 Å². The zero-order chi connectivity index (χ0) is 12.3. The summed E-state index contributed by atoms with van der Waals surface area (Å²) in [6.45, 7) is 0.785. The minimum absolute atomic E-state index is 0.508. The maximum atomic E-state index is 8.41. The molecule has 0 aromatic carbocycles. The molecule has 1 aromatic rings. The normalized spacial score (nSPS) is 10.9. The zero-order valence-electron chi connectivity index (χ0n) is 9.64. The fraction of sp³-hybridized carbons (Fsp3) is 0.500. The number of hydrogen-bond acceptors (Lipinski definition) is 5. The molecule has 0 spiro atoms. The molecule has 92 valence electrons. The van der Waals surface area contributed by atoms with Crippen molar-refractivity contribution in [2.24, 2.45) is 4.99 Å². The van der Waals surface area contributed by atoms with Crippen molar-refractivity contribution in [2.45, 2.75) is 12.2 Å². The minimum Gasteiger partial charge on any atom is -0.364 e. The summed E-state index contributed by atoms with van der Waals surface area (Å²) < 4.78 is 4.74. The third-order valence-electron chi connectivity index (χ3n) is 1.90. The van der Waals surface area contributed by atoms with Crippen LogP contribution in [0, 0.1) is 11.5 Å². The lowest BCUT2D eigenvalue weighted by Crippen LogP contribution is -2.35. The molecule has 0 saturated heterocycles. The van der Waals surface area contributed by atoms with Gasteiger partial charge in [0, 0.05) is 25.4 Å². The number of aliphatic imine (C=N–C) groups is 1. The van der Waals surface area contributed by atoms with Crippen LogP contribution in [0.3, 0.4) is 0 Å². The highest BCUT2D eigenvalue weighted by atomic mass is 32.2. The van der Waals surface area contributed by atoms with Crippen molar-refractivity contribution in [3.8, 4) is 6.19 Å². The van der Waals surface area contributed by atoms with E-state index in [1.165, 1.54) is 0 Å². The summed E-state index contributed by atoms with van der Waals surface area (Å²) in [4.78, 5) is 3.88. The Morgan fingerprint density at radius 3 is 3.24 bits per heavy atom. The number of rotatable bonds is 6. The molecule has 0 unspecified atom stereocenters. The molecule has 6 nitrogen and oxygen atoms in total. The van der Waals surface area contributed by atoms with Crippen LogP contribution >= 0.6 is 11.8 Å². The predicted octanol–water partition coefficient (Wildman–Crippen LogP) is 0.944. The lowest BCUT2D eigenvalue weighted by atomic mass is 10.5. The zero-order valence-corrected chi connectivity index (χ0v) is 10.5. The van der Waals surface area contributed by atoms with E-state index in [1.807, 2.05) is 12.3 Å². The topological polar surface area (TPSA) is 86.2 Å². The fourth-order valence-electron chi connectivity index (χ4n) is 1.10. The second kappa shape index (κ2) is 8.47. The quantitative estimate of drug-likeness (QED) is 0.258. The van der Waals surface area contributed by atoms with Gasteiger partial charge in [-0.3, -0.25) is 10.3 Å². The molecular formula is C10H15N5OS. The predicted molar refractivity (Wildman–Crippen MR) is 67.4 cm³/mol. The van der Waals surface area contributed by atoms with E-state index in [2.05, 4.69) is 20.8 Å². The lowest BCUT2D eigenvalue weighted by Gasteiger charge is -2.06. The Morgan fingerprint density at radius 1 is 1.71 bits per heavy atom. The summed E-state index contributed by atoms with van der Waals surface area (Å²) in [5, 5.41) is 17.7. The third-order valence-corrected chi connectivity index (χ3v) is 2.97. The van der Waals surface area contributed by atoms with E-state index in [1.54, 1.807) is 25.1 Å². The number of nitrogens with zero attached hydrogens (tertiary/aromatic N) is 3. The van der Waals surface area contributed by atoms with Crippen LogP contribution in [0.15, 0.2) is 21.8 Å². The maximum absolute atomic E-state index is 8.41. The molecule has 0 aliphatic carbocycles. The Morgan fingerprint density at radius 2 is 2.59 bits per heavy atom. The second-order valence-corrected chi connectivity index (χ2v) is 4.24. The Kier molecular flexibility index (Phi) is 6.67. The average molecular weight is 253 g/mol. The minimum atomic E-state index is 0.508. The molecule has 0 fully saturated rings. The van der Waals surface area contributed by atoms with E-state index < -0.39 is 0 Å². The van der Waals surface area contributed by atoms with Gasteiger partial charge in [0.15, 0.2) is 6.19 Å². The molecule has 1 heterocycles. The first-order chi connectivity index (χ1) is 8.36. The Hall–Kier alpha value is -1.68. The molecular weight excluding hydrogens is 238 g/mol. The van der Waals surface area contributed by atoms with Gasteiger partial charge >= 0.3 is 0 Å². The Labute approximate surface area is 104 Å². The van der Waals surface area contributed by atoms with E-state index in [-0.39, 0.29) is 0 Å². The van der Waals surface area contributed by atoms with Crippen LogP contribution in [-0.4, -0.2) is 30.5 Å². The number of guanidine groups is 1. The highest BCUT2D eigenvalue weighted by Gasteiger charge is 1.97. The van der Waals surface area contributed by atoms with Gasteiger partial charge in [-0.2, -0.15) is 17.0 Å². The largest absolute Gasteiger partial charge is 0.364 e. The number of nitrogens with one attached hydrogen (secondary N) is 2. The fourth-order valence-corrected chi connectivity index (χ4v) is 1.95. The summed E-state index contributed by atoms with van der Waals surface area (Å²) in [5.41, 5.74) is 0.963. The van der Waals surface area contributed by atoms with Crippen LogP contribution < -0.4 is 10.6 Å². The van der Waals surface area contributed by atoms with Gasteiger partial charge in [0.05, 0.1) is 5.69 Å². The summed E-state index contributed by atoms with van der Waals surface area (Å²) in [5.74, 6) is 2.39. The van der Waals surface area contributed by atoms with Gasteiger partial charge in [0.25, 0.3) is 0 Å². The molecule has 17 heavy (non-hydrogen) atoms. The highest BCUT2D eigenvalue weighted by Crippen LogP contribution is 2.10. The highest BCUT2D eigenvalue weighted by molar-refractivity contribution is 7.98. The molecule has 1 aromatic heterocycles. The van der Waals surface area contributed by atoms with Crippen LogP contribution in [0.25, 0.3) is 0 Å². The van der Waals surface area contributed by atoms with Crippen LogP contribution in [0.4, 0.5) is 0 Å². The first-order valence-corrected chi connectivity index (χ1v) is 6.35. The maximum Gasteiger partial charge on any atom is 0.204 e. The van der Waals surface area contributed by atoms with Crippen molar-refractivity contribution in [1.29, 1.82) is 5.26 Å². The second-order valence-electron chi connectivity index (χ2n) is 3.13. The summed E-state index contributed by atoms with van der Waals surface area (Å²) in [7, 11) is 1.63. The molecule has 7 heteroatoms. The number of nitriles is 1. The first kappa shape index (κ1) is 13.4. The molecule has 0 bridgehead atoms. The summed E-state index contributed by atoms with van der Waals surface area (Å²) in [6, 6.07) is 1.87. The first-order valence-electron chi connectivity index (χ1n) is 5.19. The molecule has 2 N–H and O–H groups in total. The van der Waals surface area contributed by atoms with Crippen LogP contribution in [0.1, 0.15) is 12.1 Å². The van der Waals surface area contributed by atoms with Crippen molar-refractivity contribution in [3.63, 3.8) is 0 Å². The molecule has 0 radical (unpaired) electrons. The number of thioether (sulfide) groups is 1. The molecule has 0 atom stereocenters. The van der Waals surface area contributed by atoms with Gasteiger partial charge < -0.3 is 9.84 Å². The van der Waals surface area contributed by atoms with Crippen LogP contribution in [0.2, 0.25) is 0 Å². The molecule has 0 saturated carbocycles. The van der Waals surface area contributed by atoms with Gasteiger partial charge in [-0.15, -0.1) is 0 Å². The monoisotopic (exact) mass is 253 g/mol. The standard InChI is InChI=1S/C10H15N5OS/c1-12-10(14-8-11)13-4-2-6-17-7-9-3-5-16-15-9/h3,5H,2,4,6-7H2,1H3,(H2,12,13,14). The molecule has 0 aliphatic rings. The molecule has 0 amide bonds. The molecule has 0 aliphatic heterocycles. The van der Waals surface area contributed by atoms with Crippen molar-refractivity contribution in [2.75, 3.05) is 19.3 Å². The van der Waals surface area contributed by atoms with Crippen molar-refractivity contribution >= 4 is 17.7 Å². The number of aromatic nitrogens is 1. The van der Waals surface area contributed by atoms with Gasteiger partial charge in [-0.1, -0.05) is 5.16 Å². The SMILES string of the molecule is CN=C(NC#N)NCCCSCc1ccon1. The van der Waals surface area contributed by atoms with E-state index in [0.29, 0.717) is 5.96 Å². The average Bonchev–Trinajstić information content (AvgIpc) is 2.85. The van der Waals surface area contributed by atoms with Crippen molar-refractivity contribution in [1.82, 2.24) is 15.8 Å². The van der Waals surface area contributed by atoms with E-state index in [4.69, 9.17) is 9.78 Å². The smallest absolute Gasteiger partial charge is 0.204 e. The van der Waals surface area contributed by atoms with Gasteiger partial charge in [0.2, 0.25) is 5.96 Å². The third kappa shape index (κ3) is 5.82. The van der Waals surface area contributed by atoms with Gasteiger partial charge in [-0.25, -0.2) is 0 Å². The summed E-state index contributed by atoms with van der Waals surface area (Å²) >= 11 is 1.80. The Bertz CT molecular complexity index is 371. The van der Waals surface area contributed by atoms with Crippen molar-refractivity contribution < 1.29 is 4.52 Å². The molecule has 1 rings (SSSR count). The van der Waals surface area contributed by atoms with E-state index >= 15 is 0 Å².